The van der Waals surface area contributed by atoms with Crippen LogP contribution in [-0.2, 0) is 6.54 Å². The number of aliphatic imine (C=N–C) groups is 1. The van der Waals surface area contributed by atoms with Crippen LogP contribution in [0, 0.1) is 11.3 Å². The molecule has 1 aromatic carbocycles. The Hall–Kier alpha value is -3.18. The number of nitrogens with one attached hydrogen (secondary N) is 1. The minimum absolute atomic E-state index is 0.132. The van der Waals surface area contributed by atoms with Gasteiger partial charge in [-0.05, 0) is 49.8 Å². The highest BCUT2D eigenvalue weighted by atomic mass is 32.1. The number of carbonyl (C=O) groups is 2. The molecule has 2 heterocycles. The lowest BCUT2D eigenvalue weighted by atomic mass is 9.95. The van der Waals surface area contributed by atoms with Gasteiger partial charge in [0.1, 0.15) is 4.88 Å². The van der Waals surface area contributed by atoms with Crippen LogP contribution in [0.25, 0.3) is 0 Å². The fourth-order valence-corrected chi connectivity index (χ4v) is 5.69. The molecule has 1 N–H and O–H groups in total. The second-order valence-corrected chi connectivity index (χ2v) is 10.5. The number of hydrogen-bond acceptors (Lipinski definition) is 5. The van der Waals surface area contributed by atoms with Gasteiger partial charge in [0.15, 0.2) is 0 Å². The first kappa shape index (κ1) is 24.9. The first-order valence-corrected chi connectivity index (χ1v) is 13.3. The predicted octanol–water partition coefficient (Wildman–Crippen LogP) is 5.10. The van der Waals surface area contributed by atoms with Gasteiger partial charge in [-0.1, -0.05) is 37.5 Å². The fourth-order valence-electron chi connectivity index (χ4n) is 4.69. The molecule has 2 amide bonds. The summed E-state index contributed by atoms with van der Waals surface area (Å²) >= 11 is 1.20. The topological polar surface area (TPSA) is 88.8 Å². The molecule has 0 bridgehead atoms. The molecule has 7 nitrogen and oxygen atoms in total. The summed E-state index contributed by atoms with van der Waals surface area (Å²) in [5.41, 5.74) is 1.87. The molecule has 0 atom stereocenters. The van der Waals surface area contributed by atoms with Crippen LogP contribution in [0.3, 0.4) is 0 Å². The van der Waals surface area contributed by atoms with Crippen molar-refractivity contribution in [2.75, 3.05) is 20.1 Å². The Morgan fingerprint density at radius 1 is 1.17 bits per heavy atom. The van der Waals surface area contributed by atoms with Crippen LogP contribution in [0.4, 0.5) is 5.69 Å². The Bertz CT molecular complexity index is 1110. The van der Waals surface area contributed by atoms with E-state index in [9.17, 15) is 14.9 Å². The molecule has 8 heteroatoms. The predicted molar refractivity (Wildman–Crippen MR) is 139 cm³/mol. The van der Waals surface area contributed by atoms with Crippen LogP contribution in [0.1, 0.15) is 81.8 Å². The normalized spacial score (nSPS) is 16.7. The Labute approximate surface area is 211 Å². The summed E-state index contributed by atoms with van der Waals surface area (Å²) < 4.78 is 0. The van der Waals surface area contributed by atoms with Gasteiger partial charge in [-0.25, -0.2) is 4.99 Å². The molecule has 0 unspecified atom stereocenters. The number of rotatable bonds is 7. The lowest BCUT2D eigenvalue weighted by Crippen LogP contribution is -2.35. The highest BCUT2D eigenvalue weighted by molar-refractivity contribution is 7.16. The van der Waals surface area contributed by atoms with Gasteiger partial charge in [-0.2, -0.15) is 5.26 Å². The van der Waals surface area contributed by atoms with E-state index >= 15 is 0 Å². The van der Waals surface area contributed by atoms with Crippen molar-refractivity contribution in [1.82, 2.24) is 15.1 Å². The molecular formula is C27H33N5O2S. The third kappa shape index (κ3) is 6.49. The zero-order valence-corrected chi connectivity index (χ0v) is 21.1. The maximum absolute atomic E-state index is 13.5. The molecule has 35 heavy (non-hydrogen) atoms. The van der Waals surface area contributed by atoms with Crippen molar-refractivity contribution in [3.05, 3.63) is 51.2 Å². The van der Waals surface area contributed by atoms with Crippen LogP contribution in [0.15, 0.2) is 35.3 Å². The lowest BCUT2D eigenvalue weighted by Gasteiger charge is -2.23. The van der Waals surface area contributed by atoms with E-state index in [0.717, 1.165) is 57.2 Å². The highest BCUT2D eigenvalue weighted by Crippen LogP contribution is 2.32. The summed E-state index contributed by atoms with van der Waals surface area (Å²) in [7, 11) is 1.72. The summed E-state index contributed by atoms with van der Waals surface area (Å²) in [5.74, 6) is -0.335. The van der Waals surface area contributed by atoms with E-state index in [0.29, 0.717) is 27.5 Å². The van der Waals surface area contributed by atoms with Crippen LogP contribution >= 0.6 is 11.3 Å². The van der Waals surface area contributed by atoms with Crippen molar-refractivity contribution in [2.24, 2.45) is 4.99 Å². The Morgan fingerprint density at radius 2 is 1.89 bits per heavy atom. The van der Waals surface area contributed by atoms with E-state index in [1.165, 1.54) is 24.2 Å². The molecule has 1 aliphatic heterocycles. The number of amides is 2. The average Bonchev–Trinajstić information content (AvgIpc) is 3.33. The molecule has 0 radical (unpaired) electrons. The van der Waals surface area contributed by atoms with Gasteiger partial charge in [-0.15, -0.1) is 11.3 Å². The lowest BCUT2D eigenvalue weighted by molar-refractivity contribution is 0.0790. The van der Waals surface area contributed by atoms with Gasteiger partial charge in [0.25, 0.3) is 11.8 Å². The molecule has 2 aliphatic rings. The summed E-state index contributed by atoms with van der Waals surface area (Å²) in [4.78, 5) is 35.9. The van der Waals surface area contributed by atoms with Crippen molar-refractivity contribution in [3.63, 3.8) is 0 Å². The minimum atomic E-state index is -0.203. The van der Waals surface area contributed by atoms with Gasteiger partial charge in [0, 0.05) is 32.7 Å². The third-order valence-corrected chi connectivity index (χ3v) is 7.82. The first-order valence-electron chi connectivity index (χ1n) is 12.5. The van der Waals surface area contributed by atoms with Gasteiger partial charge >= 0.3 is 0 Å². The Kier molecular flexibility index (Phi) is 8.54. The Morgan fingerprint density at radius 3 is 2.63 bits per heavy atom. The second-order valence-electron chi connectivity index (χ2n) is 9.40. The number of benzene rings is 1. The number of nitrogens with zero attached hydrogens (tertiary/aromatic N) is 4. The van der Waals surface area contributed by atoms with Crippen LogP contribution < -0.4 is 5.32 Å². The maximum Gasteiger partial charge on any atom is 0.266 e. The molecule has 184 valence electrons. The maximum atomic E-state index is 13.5. The van der Waals surface area contributed by atoms with E-state index in [1.807, 2.05) is 24.5 Å². The van der Waals surface area contributed by atoms with Gasteiger partial charge in [-0.3, -0.25) is 9.59 Å². The average molecular weight is 492 g/mol. The third-order valence-electron chi connectivity index (χ3n) is 6.71. The highest BCUT2D eigenvalue weighted by Gasteiger charge is 2.24. The van der Waals surface area contributed by atoms with Gasteiger partial charge < -0.3 is 15.1 Å². The molecule has 1 saturated heterocycles. The molecule has 1 aromatic heterocycles. The summed E-state index contributed by atoms with van der Waals surface area (Å²) in [5, 5.41) is 12.6. The first-order chi connectivity index (χ1) is 17.0. The number of piperidine rings is 1. The van der Waals surface area contributed by atoms with E-state index in [-0.39, 0.29) is 17.9 Å². The fraction of sp³-hybridized carbons (Fsp3) is 0.481. The van der Waals surface area contributed by atoms with Gasteiger partial charge in [0.05, 0.1) is 28.5 Å². The van der Waals surface area contributed by atoms with E-state index in [1.54, 1.807) is 24.1 Å². The van der Waals surface area contributed by atoms with Crippen molar-refractivity contribution in [3.8, 4) is 6.07 Å². The molecular weight excluding hydrogens is 458 g/mol. The minimum Gasteiger partial charge on any atom is -0.363 e. The zero-order chi connectivity index (χ0) is 24.6. The quantitative estimate of drug-likeness (QED) is 0.431. The smallest absolute Gasteiger partial charge is 0.266 e. The number of carbonyl (C=O) groups excluding carboxylic acids is 2. The van der Waals surface area contributed by atoms with Gasteiger partial charge in [0.2, 0.25) is 0 Å². The van der Waals surface area contributed by atoms with Crippen LogP contribution in [0.5, 0.6) is 0 Å². The van der Waals surface area contributed by atoms with E-state index in [2.05, 4.69) is 21.3 Å². The number of thiophene rings is 1. The number of hydrogen-bond donors (Lipinski definition) is 1. The molecule has 1 aliphatic carbocycles. The van der Waals surface area contributed by atoms with Crippen LogP contribution in [-0.4, -0.2) is 54.1 Å². The molecule has 1 saturated carbocycles. The van der Waals surface area contributed by atoms with Crippen molar-refractivity contribution in [2.45, 2.75) is 64.0 Å². The van der Waals surface area contributed by atoms with Crippen LogP contribution in [0.2, 0.25) is 0 Å². The SMILES string of the molecule is CN(Cc1ccccc1C#N)C(=O)c1sc(C(=O)NC2CCCCC2)cc1/N=C/N1CCCCC1. The van der Waals surface area contributed by atoms with Crippen molar-refractivity contribution < 1.29 is 9.59 Å². The molecule has 2 fully saturated rings. The van der Waals surface area contributed by atoms with E-state index in [4.69, 9.17) is 0 Å². The number of likely N-dealkylation sites (tertiary alicyclic amines) is 1. The summed E-state index contributed by atoms with van der Waals surface area (Å²) in [6.45, 7) is 2.22. The largest absolute Gasteiger partial charge is 0.363 e. The molecule has 2 aromatic rings. The van der Waals surface area contributed by atoms with Crippen molar-refractivity contribution >= 4 is 35.2 Å². The summed E-state index contributed by atoms with van der Waals surface area (Å²) in [6, 6.07) is 11.4. The number of nitriles is 1. The molecule has 4 rings (SSSR count). The zero-order valence-electron chi connectivity index (χ0n) is 20.3. The van der Waals surface area contributed by atoms with Crippen molar-refractivity contribution in [1.29, 1.82) is 5.26 Å². The monoisotopic (exact) mass is 491 g/mol. The van der Waals surface area contributed by atoms with E-state index < -0.39 is 0 Å². The second kappa shape index (κ2) is 12.0. The standard InChI is InChI=1S/C27H33N5O2S/c1-31(18-21-11-7-6-10-20(21)17-28)27(34)25-23(29-19-32-14-8-3-9-15-32)16-24(35-25)26(33)30-22-12-4-2-5-13-22/h6-7,10-11,16,19,22H,2-5,8-9,12-15,18H2,1H3,(H,30,33)/b29-19+. The molecule has 0 spiro atoms. The summed E-state index contributed by atoms with van der Waals surface area (Å²) in [6.07, 6.45) is 10.8. The Balaban J connectivity index is 1.56.